The summed E-state index contributed by atoms with van der Waals surface area (Å²) in [5.74, 6) is -2.12. The number of hydrogen-bond acceptors (Lipinski definition) is 1. The molecule has 1 saturated carbocycles. The van der Waals surface area contributed by atoms with Crippen molar-refractivity contribution in [2.24, 2.45) is 5.92 Å². The lowest BCUT2D eigenvalue weighted by atomic mass is 9.88. The van der Waals surface area contributed by atoms with Gasteiger partial charge in [-0.1, -0.05) is 24.4 Å². The molecule has 2 unspecified atom stereocenters. The fraction of sp³-hybridized carbons (Fsp3) is 0.500. The zero-order chi connectivity index (χ0) is 14.7. The number of halogens is 4. The van der Waals surface area contributed by atoms with E-state index < -0.39 is 17.5 Å². The Kier molecular flexibility index (Phi) is 5.22. The molecule has 1 aliphatic carbocycles. The van der Waals surface area contributed by atoms with Crippen molar-refractivity contribution in [3.8, 4) is 0 Å². The van der Waals surface area contributed by atoms with Crippen LogP contribution in [0, 0.1) is 17.6 Å². The van der Waals surface area contributed by atoms with E-state index in [0.717, 1.165) is 37.8 Å². The van der Waals surface area contributed by atoms with Gasteiger partial charge in [0, 0.05) is 11.9 Å². The molecule has 20 heavy (non-hydrogen) atoms. The number of alkyl halides is 1. The molecular formula is C14H15Cl2F2NO. The quantitative estimate of drug-likeness (QED) is 0.657. The minimum absolute atomic E-state index is 0.0239. The first-order chi connectivity index (χ1) is 9.49. The Bertz CT molecular complexity index is 510. The zero-order valence-corrected chi connectivity index (χ0v) is 12.3. The van der Waals surface area contributed by atoms with Gasteiger partial charge < -0.3 is 5.32 Å². The van der Waals surface area contributed by atoms with Gasteiger partial charge in [0.15, 0.2) is 0 Å². The number of benzene rings is 1. The van der Waals surface area contributed by atoms with Gasteiger partial charge in [-0.05, 0) is 30.9 Å². The van der Waals surface area contributed by atoms with Crippen LogP contribution in [0.5, 0.6) is 0 Å². The maximum Gasteiger partial charge on any atom is 0.254 e. The minimum atomic E-state index is -0.833. The Hall–Kier alpha value is -0.870. The smallest absolute Gasteiger partial charge is 0.254 e. The summed E-state index contributed by atoms with van der Waals surface area (Å²) in [5.41, 5.74) is -0.339. The molecule has 1 aromatic carbocycles. The third-order valence-electron chi connectivity index (χ3n) is 3.60. The monoisotopic (exact) mass is 321 g/mol. The lowest BCUT2D eigenvalue weighted by Crippen LogP contribution is -2.35. The Morgan fingerprint density at radius 3 is 2.65 bits per heavy atom. The van der Waals surface area contributed by atoms with Crippen molar-refractivity contribution < 1.29 is 13.6 Å². The first-order valence-electron chi connectivity index (χ1n) is 6.56. The molecule has 0 spiro atoms. The van der Waals surface area contributed by atoms with E-state index in [1.54, 1.807) is 0 Å². The molecular weight excluding hydrogens is 307 g/mol. The van der Waals surface area contributed by atoms with E-state index in [0.29, 0.717) is 6.54 Å². The summed E-state index contributed by atoms with van der Waals surface area (Å²) in [6.07, 6.45) is 4.03. The summed E-state index contributed by atoms with van der Waals surface area (Å²) in [7, 11) is 0. The van der Waals surface area contributed by atoms with Gasteiger partial charge in [-0.2, -0.15) is 0 Å². The van der Waals surface area contributed by atoms with Gasteiger partial charge in [0.2, 0.25) is 0 Å². The van der Waals surface area contributed by atoms with Crippen LogP contribution in [0.3, 0.4) is 0 Å². The van der Waals surface area contributed by atoms with E-state index in [4.69, 9.17) is 23.2 Å². The summed E-state index contributed by atoms with van der Waals surface area (Å²) >= 11 is 11.6. The topological polar surface area (TPSA) is 29.1 Å². The van der Waals surface area contributed by atoms with Gasteiger partial charge in [0.25, 0.3) is 5.91 Å². The van der Waals surface area contributed by atoms with Gasteiger partial charge in [0.1, 0.15) is 11.6 Å². The first-order valence-corrected chi connectivity index (χ1v) is 7.37. The molecule has 2 nitrogen and oxygen atoms in total. The summed E-state index contributed by atoms with van der Waals surface area (Å²) in [6.45, 7) is 0.372. The average Bonchev–Trinajstić information content (AvgIpc) is 2.41. The molecule has 2 rings (SSSR count). The van der Waals surface area contributed by atoms with Crippen molar-refractivity contribution in [1.29, 1.82) is 0 Å². The van der Waals surface area contributed by atoms with Crippen molar-refractivity contribution in [3.63, 3.8) is 0 Å². The van der Waals surface area contributed by atoms with Crippen LogP contribution in [0.15, 0.2) is 12.1 Å². The highest BCUT2D eigenvalue weighted by atomic mass is 35.5. The van der Waals surface area contributed by atoms with Crippen LogP contribution in [-0.4, -0.2) is 17.8 Å². The van der Waals surface area contributed by atoms with Gasteiger partial charge >= 0.3 is 0 Å². The van der Waals surface area contributed by atoms with Gasteiger partial charge in [0.05, 0.1) is 10.6 Å². The summed E-state index contributed by atoms with van der Waals surface area (Å²) < 4.78 is 26.9. The van der Waals surface area contributed by atoms with Crippen molar-refractivity contribution >= 4 is 29.1 Å². The van der Waals surface area contributed by atoms with Crippen LogP contribution in [0.2, 0.25) is 5.02 Å². The number of amides is 1. The molecule has 1 N–H and O–H groups in total. The van der Waals surface area contributed by atoms with E-state index in [9.17, 15) is 13.6 Å². The molecule has 2 atom stereocenters. The standard InChI is InChI=1S/C14H15Cl2F2NO/c15-10-4-2-1-3-8(10)7-19-14(20)9-5-13(18)11(16)6-12(9)17/h5-6,8,10H,1-4,7H2,(H,19,20). The van der Waals surface area contributed by atoms with Crippen molar-refractivity contribution in [2.45, 2.75) is 31.1 Å². The largest absolute Gasteiger partial charge is 0.352 e. The van der Waals surface area contributed by atoms with E-state index in [-0.39, 0.29) is 21.9 Å². The molecule has 0 radical (unpaired) electrons. The second kappa shape index (κ2) is 6.72. The predicted octanol–water partition coefficient (Wildman–Crippen LogP) is 4.15. The van der Waals surface area contributed by atoms with Crippen LogP contribution in [0.1, 0.15) is 36.0 Å². The van der Waals surface area contributed by atoms with Crippen LogP contribution >= 0.6 is 23.2 Å². The maximum atomic E-state index is 13.6. The van der Waals surface area contributed by atoms with Crippen LogP contribution in [0.4, 0.5) is 8.78 Å². The fourth-order valence-electron chi connectivity index (χ4n) is 2.41. The first kappa shape index (κ1) is 15.5. The van der Waals surface area contributed by atoms with Crippen molar-refractivity contribution in [3.05, 3.63) is 34.4 Å². The Morgan fingerprint density at radius 1 is 1.25 bits per heavy atom. The molecule has 0 aromatic heterocycles. The third kappa shape index (κ3) is 3.61. The molecule has 6 heteroatoms. The molecule has 1 aromatic rings. The zero-order valence-electron chi connectivity index (χ0n) is 10.8. The lowest BCUT2D eigenvalue weighted by molar-refractivity contribution is 0.0939. The summed E-state index contributed by atoms with van der Waals surface area (Å²) in [4.78, 5) is 11.9. The van der Waals surface area contributed by atoms with E-state index >= 15 is 0 Å². The molecule has 1 fully saturated rings. The molecule has 0 bridgehead atoms. The minimum Gasteiger partial charge on any atom is -0.352 e. The SMILES string of the molecule is O=C(NCC1CCCCC1Cl)c1cc(F)c(Cl)cc1F. The third-order valence-corrected chi connectivity index (χ3v) is 4.46. The molecule has 1 amide bonds. The number of nitrogens with one attached hydrogen (secondary N) is 1. The Morgan fingerprint density at radius 2 is 1.95 bits per heavy atom. The van der Waals surface area contributed by atoms with Crippen molar-refractivity contribution in [2.75, 3.05) is 6.54 Å². The number of carbonyl (C=O) groups excluding carboxylic acids is 1. The number of hydrogen-bond donors (Lipinski definition) is 1. The van der Waals surface area contributed by atoms with Crippen LogP contribution in [-0.2, 0) is 0 Å². The molecule has 110 valence electrons. The highest BCUT2D eigenvalue weighted by Gasteiger charge is 2.24. The number of carbonyl (C=O) groups is 1. The van der Waals surface area contributed by atoms with Crippen LogP contribution < -0.4 is 5.32 Å². The van der Waals surface area contributed by atoms with Crippen molar-refractivity contribution in [1.82, 2.24) is 5.32 Å². The maximum absolute atomic E-state index is 13.6. The highest BCUT2D eigenvalue weighted by molar-refractivity contribution is 6.30. The Labute approximate surface area is 126 Å². The second-order valence-corrected chi connectivity index (χ2v) is 5.98. The van der Waals surface area contributed by atoms with E-state index in [1.165, 1.54) is 0 Å². The Balaban J connectivity index is 2.00. The summed E-state index contributed by atoms with van der Waals surface area (Å²) in [6, 6.07) is 1.61. The molecule has 1 aliphatic rings. The molecule has 0 saturated heterocycles. The molecule has 0 aliphatic heterocycles. The summed E-state index contributed by atoms with van der Waals surface area (Å²) in [5, 5.41) is 2.30. The molecule has 0 heterocycles. The normalized spacial score (nSPS) is 22.6. The predicted molar refractivity (Wildman–Crippen MR) is 75.3 cm³/mol. The van der Waals surface area contributed by atoms with E-state index in [1.807, 2.05) is 0 Å². The average molecular weight is 322 g/mol. The van der Waals surface area contributed by atoms with Gasteiger partial charge in [-0.25, -0.2) is 8.78 Å². The van der Waals surface area contributed by atoms with E-state index in [2.05, 4.69) is 5.32 Å². The fourth-order valence-corrected chi connectivity index (χ4v) is 2.93. The second-order valence-electron chi connectivity index (χ2n) is 5.02. The van der Waals surface area contributed by atoms with Gasteiger partial charge in [-0.3, -0.25) is 4.79 Å². The van der Waals surface area contributed by atoms with Crippen LogP contribution in [0.25, 0.3) is 0 Å². The number of rotatable bonds is 3. The van der Waals surface area contributed by atoms with Gasteiger partial charge in [-0.15, -0.1) is 11.6 Å². The lowest BCUT2D eigenvalue weighted by Gasteiger charge is -2.27. The highest BCUT2D eigenvalue weighted by Crippen LogP contribution is 2.28.